The average Bonchev–Trinajstić information content (AvgIpc) is 2.26. The zero-order valence-corrected chi connectivity index (χ0v) is 11.3. The van der Waals surface area contributed by atoms with Gasteiger partial charge in [-0.05, 0) is 19.3 Å². The van der Waals surface area contributed by atoms with E-state index in [0.29, 0.717) is 0 Å². The summed E-state index contributed by atoms with van der Waals surface area (Å²) in [5.41, 5.74) is -0.381. The first-order valence-electron chi connectivity index (χ1n) is 7.45. The fourth-order valence-electron chi connectivity index (χ4n) is 3.04. The molecule has 0 saturated heterocycles. The van der Waals surface area contributed by atoms with Gasteiger partial charge < -0.3 is 5.11 Å². The van der Waals surface area contributed by atoms with Gasteiger partial charge >= 0.3 is 5.97 Å². The van der Waals surface area contributed by atoms with Crippen molar-refractivity contribution in [1.82, 2.24) is 0 Å². The van der Waals surface area contributed by atoms with Gasteiger partial charge in [-0.1, -0.05) is 64.7 Å². The summed E-state index contributed by atoms with van der Waals surface area (Å²) in [5.74, 6) is -0.532. The molecule has 1 rings (SSSR count). The molecule has 0 radical (unpaired) electrons. The quantitative estimate of drug-likeness (QED) is 0.679. The molecule has 1 aliphatic rings. The lowest BCUT2D eigenvalue weighted by Crippen LogP contribution is -2.31. The fraction of sp³-hybridized carbons (Fsp3) is 0.933. The number of hydrogen-bond donors (Lipinski definition) is 1. The summed E-state index contributed by atoms with van der Waals surface area (Å²) in [6, 6.07) is 0. The van der Waals surface area contributed by atoms with Gasteiger partial charge in [0.25, 0.3) is 0 Å². The molecular weight excluding hydrogens is 212 g/mol. The lowest BCUT2D eigenvalue weighted by atomic mass is 9.73. The van der Waals surface area contributed by atoms with Crippen LogP contribution in [-0.4, -0.2) is 11.1 Å². The number of unbranched alkanes of at least 4 members (excludes halogenated alkanes) is 3. The molecule has 0 unspecified atom stereocenters. The number of rotatable bonds is 6. The zero-order valence-electron chi connectivity index (χ0n) is 11.3. The molecule has 1 fully saturated rings. The molecule has 1 saturated carbocycles. The Bertz CT molecular complexity index is 215. The summed E-state index contributed by atoms with van der Waals surface area (Å²) in [5, 5.41) is 9.56. The molecule has 0 aromatic carbocycles. The standard InChI is InChI=1S/C15H28O2/c1-2-3-4-8-11-15(14(16)17)12-9-6-5-7-10-13-15/h2-13H2,1H3,(H,16,17). The van der Waals surface area contributed by atoms with E-state index in [0.717, 1.165) is 38.5 Å². The van der Waals surface area contributed by atoms with Crippen molar-refractivity contribution in [3.63, 3.8) is 0 Å². The molecule has 0 heterocycles. The molecule has 0 spiro atoms. The molecule has 0 aromatic heterocycles. The second kappa shape index (κ2) is 7.73. The van der Waals surface area contributed by atoms with Crippen molar-refractivity contribution in [2.45, 2.75) is 84.0 Å². The Morgan fingerprint density at radius 3 is 2.12 bits per heavy atom. The molecule has 2 heteroatoms. The Balaban J connectivity index is 2.49. The maximum atomic E-state index is 11.6. The van der Waals surface area contributed by atoms with Crippen LogP contribution in [0.25, 0.3) is 0 Å². The summed E-state index contributed by atoms with van der Waals surface area (Å²) in [6.07, 6.45) is 13.5. The molecule has 0 aromatic rings. The number of aliphatic carboxylic acids is 1. The van der Waals surface area contributed by atoms with E-state index < -0.39 is 5.97 Å². The highest BCUT2D eigenvalue weighted by Gasteiger charge is 2.37. The molecular formula is C15H28O2. The molecule has 0 atom stereocenters. The molecule has 1 N–H and O–H groups in total. The van der Waals surface area contributed by atoms with E-state index in [2.05, 4.69) is 6.92 Å². The molecule has 0 amide bonds. The monoisotopic (exact) mass is 240 g/mol. The van der Waals surface area contributed by atoms with E-state index in [4.69, 9.17) is 0 Å². The minimum absolute atomic E-state index is 0.381. The predicted octanol–water partition coefficient (Wildman–Crippen LogP) is 4.77. The Morgan fingerprint density at radius 2 is 1.59 bits per heavy atom. The van der Waals surface area contributed by atoms with Crippen molar-refractivity contribution in [2.24, 2.45) is 5.41 Å². The van der Waals surface area contributed by atoms with Crippen LogP contribution >= 0.6 is 0 Å². The van der Waals surface area contributed by atoms with E-state index in [9.17, 15) is 9.90 Å². The third kappa shape index (κ3) is 4.69. The molecule has 0 aliphatic heterocycles. The number of carboxylic acid groups (broad SMARTS) is 1. The number of carboxylic acids is 1. The molecule has 17 heavy (non-hydrogen) atoms. The summed E-state index contributed by atoms with van der Waals surface area (Å²) in [6.45, 7) is 2.20. The number of carbonyl (C=O) groups is 1. The van der Waals surface area contributed by atoms with Gasteiger partial charge in [0, 0.05) is 0 Å². The lowest BCUT2D eigenvalue weighted by molar-refractivity contribution is -0.151. The van der Waals surface area contributed by atoms with Crippen molar-refractivity contribution < 1.29 is 9.90 Å². The summed E-state index contributed by atoms with van der Waals surface area (Å²) in [7, 11) is 0. The molecule has 0 bridgehead atoms. The van der Waals surface area contributed by atoms with Gasteiger partial charge in [-0.15, -0.1) is 0 Å². The molecule has 1 aliphatic carbocycles. The van der Waals surface area contributed by atoms with Gasteiger partial charge in [0.05, 0.1) is 5.41 Å². The smallest absolute Gasteiger partial charge is 0.309 e. The second-order valence-corrected chi connectivity index (χ2v) is 5.66. The van der Waals surface area contributed by atoms with Gasteiger partial charge in [0.1, 0.15) is 0 Å². The maximum absolute atomic E-state index is 11.6. The maximum Gasteiger partial charge on any atom is 0.309 e. The third-order valence-corrected chi connectivity index (χ3v) is 4.27. The van der Waals surface area contributed by atoms with Gasteiger partial charge in [-0.25, -0.2) is 0 Å². The van der Waals surface area contributed by atoms with Crippen LogP contribution in [0.4, 0.5) is 0 Å². The lowest BCUT2D eigenvalue weighted by Gasteiger charge is -2.31. The first-order valence-corrected chi connectivity index (χ1v) is 7.45. The van der Waals surface area contributed by atoms with E-state index in [1.165, 1.54) is 38.5 Å². The Labute approximate surface area is 106 Å². The Hall–Kier alpha value is -0.530. The van der Waals surface area contributed by atoms with Gasteiger partial charge in [-0.3, -0.25) is 4.79 Å². The van der Waals surface area contributed by atoms with Gasteiger partial charge in [-0.2, -0.15) is 0 Å². The highest BCUT2D eigenvalue weighted by atomic mass is 16.4. The van der Waals surface area contributed by atoms with E-state index >= 15 is 0 Å². The van der Waals surface area contributed by atoms with Crippen molar-refractivity contribution in [3.05, 3.63) is 0 Å². The van der Waals surface area contributed by atoms with Crippen LogP contribution in [0.3, 0.4) is 0 Å². The van der Waals surface area contributed by atoms with E-state index in [-0.39, 0.29) is 5.41 Å². The Kier molecular flexibility index (Phi) is 6.61. The van der Waals surface area contributed by atoms with Crippen LogP contribution in [0.2, 0.25) is 0 Å². The average molecular weight is 240 g/mol. The number of hydrogen-bond acceptors (Lipinski definition) is 1. The van der Waals surface area contributed by atoms with E-state index in [1.807, 2.05) is 0 Å². The minimum Gasteiger partial charge on any atom is -0.481 e. The topological polar surface area (TPSA) is 37.3 Å². The van der Waals surface area contributed by atoms with Crippen LogP contribution < -0.4 is 0 Å². The SMILES string of the molecule is CCCCCCC1(C(=O)O)CCCCCCC1. The molecule has 2 nitrogen and oxygen atoms in total. The first-order chi connectivity index (χ1) is 8.21. The van der Waals surface area contributed by atoms with Crippen molar-refractivity contribution in [2.75, 3.05) is 0 Å². The summed E-state index contributed by atoms with van der Waals surface area (Å²) in [4.78, 5) is 11.6. The normalized spacial score (nSPS) is 20.5. The zero-order chi connectivity index (χ0) is 12.6. The van der Waals surface area contributed by atoms with Crippen molar-refractivity contribution in [3.8, 4) is 0 Å². The highest BCUT2D eigenvalue weighted by molar-refractivity contribution is 5.74. The minimum atomic E-state index is -0.532. The third-order valence-electron chi connectivity index (χ3n) is 4.27. The Morgan fingerprint density at radius 1 is 1.00 bits per heavy atom. The molecule has 100 valence electrons. The van der Waals surface area contributed by atoms with Crippen LogP contribution in [0.5, 0.6) is 0 Å². The first kappa shape index (κ1) is 14.5. The fourth-order valence-corrected chi connectivity index (χ4v) is 3.04. The van der Waals surface area contributed by atoms with E-state index in [1.54, 1.807) is 0 Å². The second-order valence-electron chi connectivity index (χ2n) is 5.66. The van der Waals surface area contributed by atoms with Crippen molar-refractivity contribution >= 4 is 5.97 Å². The van der Waals surface area contributed by atoms with Crippen LogP contribution in [0, 0.1) is 5.41 Å². The summed E-state index contributed by atoms with van der Waals surface area (Å²) >= 11 is 0. The largest absolute Gasteiger partial charge is 0.481 e. The van der Waals surface area contributed by atoms with Gasteiger partial charge in [0.15, 0.2) is 0 Å². The highest BCUT2D eigenvalue weighted by Crippen LogP contribution is 2.39. The van der Waals surface area contributed by atoms with Crippen LogP contribution in [0.15, 0.2) is 0 Å². The van der Waals surface area contributed by atoms with Crippen LogP contribution in [-0.2, 0) is 4.79 Å². The van der Waals surface area contributed by atoms with Crippen LogP contribution in [0.1, 0.15) is 84.0 Å². The van der Waals surface area contributed by atoms with Crippen molar-refractivity contribution in [1.29, 1.82) is 0 Å². The predicted molar refractivity (Wildman–Crippen MR) is 71.1 cm³/mol. The summed E-state index contributed by atoms with van der Waals surface area (Å²) < 4.78 is 0. The van der Waals surface area contributed by atoms with Gasteiger partial charge in [0.2, 0.25) is 0 Å².